The molecule has 0 aliphatic carbocycles. The average molecular weight is 397 g/mol. The van der Waals surface area contributed by atoms with Gasteiger partial charge in [0.2, 0.25) is 5.95 Å². The molecular formula is C20H14F3N5O. The van der Waals surface area contributed by atoms with Crippen LogP contribution in [0.2, 0.25) is 0 Å². The van der Waals surface area contributed by atoms with E-state index in [-0.39, 0.29) is 17.3 Å². The van der Waals surface area contributed by atoms with Gasteiger partial charge in [-0.15, -0.1) is 0 Å². The number of aryl methyl sites for hydroxylation is 1. The molecule has 2 aromatic carbocycles. The highest BCUT2D eigenvalue weighted by molar-refractivity contribution is 6.03. The molecule has 1 heterocycles. The number of hydrogen-bond acceptors (Lipinski definition) is 5. The first kappa shape index (κ1) is 19.8. The molecule has 3 rings (SSSR count). The monoisotopic (exact) mass is 397 g/mol. The zero-order chi connectivity index (χ0) is 21.0. The van der Waals surface area contributed by atoms with Crippen LogP contribution in [0.5, 0.6) is 0 Å². The molecule has 29 heavy (non-hydrogen) atoms. The van der Waals surface area contributed by atoms with Crippen LogP contribution >= 0.6 is 0 Å². The largest absolute Gasteiger partial charge is 0.416 e. The van der Waals surface area contributed by atoms with Crippen LogP contribution in [0, 0.1) is 18.3 Å². The summed E-state index contributed by atoms with van der Waals surface area (Å²) in [7, 11) is 0. The quantitative estimate of drug-likeness (QED) is 0.668. The molecule has 0 fully saturated rings. The van der Waals surface area contributed by atoms with Crippen LogP contribution in [-0.2, 0) is 6.18 Å². The van der Waals surface area contributed by atoms with Crippen LogP contribution in [0.3, 0.4) is 0 Å². The van der Waals surface area contributed by atoms with E-state index >= 15 is 0 Å². The van der Waals surface area contributed by atoms with E-state index in [1.165, 1.54) is 18.2 Å². The summed E-state index contributed by atoms with van der Waals surface area (Å²) in [6, 6.07) is 14.2. The maximum Gasteiger partial charge on any atom is 0.416 e. The standard InChI is InChI=1S/C20H14F3N5O/c1-12-10-17(18(29)26-15-8-4-14(5-9-15)20(21,22)23)28-19(25-12)27-16-6-2-13(11-24)3-7-16/h2-10H,1H3,(H,26,29)(H,25,27,28). The minimum atomic E-state index is -4.45. The summed E-state index contributed by atoms with van der Waals surface area (Å²) in [5.41, 5.74) is 1.10. The third-order valence-electron chi connectivity index (χ3n) is 3.83. The number of nitrogens with one attached hydrogen (secondary N) is 2. The lowest BCUT2D eigenvalue weighted by Gasteiger charge is -2.10. The van der Waals surface area contributed by atoms with Crippen molar-refractivity contribution >= 4 is 23.2 Å². The highest BCUT2D eigenvalue weighted by atomic mass is 19.4. The number of nitriles is 1. The van der Waals surface area contributed by atoms with Gasteiger partial charge in [0.05, 0.1) is 17.2 Å². The Morgan fingerprint density at radius 3 is 2.21 bits per heavy atom. The number of rotatable bonds is 4. The third-order valence-corrected chi connectivity index (χ3v) is 3.83. The van der Waals surface area contributed by atoms with Gasteiger partial charge >= 0.3 is 6.18 Å². The Bertz CT molecular complexity index is 1070. The number of carbonyl (C=O) groups excluding carboxylic acids is 1. The lowest BCUT2D eigenvalue weighted by Crippen LogP contribution is -2.15. The summed E-state index contributed by atoms with van der Waals surface area (Å²) in [6.07, 6.45) is -4.45. The number of halogens is 3. The SMILES string of the molecule is Cc1cc(C(=O)Nc2ccc(C(F)(F)F)cc2)nc(Nc2ccc(C#N)cc2)n1. The van der Waals surface area contributed by atoms with E-state index in [0.29, 0.717) is 16.9 Å². The van der Waals surface area contributed by atoms with Crippen LogP contribution < -0.4 is 10.6 Å². The fourth-order valence-electron chi connectivity index (χ4n) is 2.44. The summed E-state index contributed by atoms with van der Waals surface area (Å²) in [5, 5.41) is 14.3. The molecule has 1 amide bonds. The highest BCUT2D eigenvalue weighted by Crippen LogP contribution is 2.29. The number of aromatic nitrogens is 2. The number of nitrogens with zero attached hydrogens (tertiary/aromatic N) is 3. The van der Waals surface area contributed by atoms with Gasteiger partial charge in [-0.05, 0) is 61.5 Å². The average Bonchev–Trinajstić information content (AvgIpc) is 2.68. The molecule has 3 aromatic rings. The number of amides is 1. The molecule has 6 nitrogen and oxygen atoms in total. The Balaban J connectivity index is 1.76. The maximum absolute atomic E-state index is 12.6. The van der Waals surface area contributed by atoms with Crippen molar-refractivity contribution in [2.24, 2.45) is 0 Å². The van der Waals surface area contributed by atoms with E-state index in [2.05, 4.69) is 20.6 Å². The zero-order valence-electron chi connectivity index (χ0n) is 15.1. The second-order valence-electron chi connectivity index (χ2n) is 6.06. The Hall–Kier alpha value is -3.93. The molecule has 1 aromatic heterocycles. The van der Waals surface area contributed by atoms with Crippen molar-refractivity contribution in [2.45, 2.75) is 13.1 Å². The highest BCUT2D eigenvalue weighted by Gasteiger charge is 2.30. The second kappa shape index (κ2) is 7.98. The molecule has 0 unspecified atom stereocenters. The molecular weight excluding hydrogens is 383 g/mol. The van der Waals surface area contributed by atoms with Crippen LogP contribution in [0.1, 0.15) is 27.3 Å². The van der Waals surface area contributed by atoms with Gasteiger partial charge < -0.3 is 10.6 Å². The van der Waals surface area contributed by atoms with E-state index in [4.69, 9.17) is 5.26 Å². The van der Waals surface area contributed by atoms with Crippen molar-refractivity contribution < 1.29 is 18.0 Å². The van der Waals surface area contributed by atoms with Crippen molar-refractivity contribution in [1.82, 2.24) is 9.97 Å². The van der Waals surface area contributed by atoms with E-state index < -0.39 is 17.6 Å². The molecule has 146 valence electrons. The fourth-order valence-corrected chi connectivity index (χ4v) is 2.44. The van der Waals surface area contributed by atoms with Gasteiger partial charge in [0.1, 0.15) is 5.69 Å². The Labute approximate surface area is 164 Å². The lowest BCUT2D eigenvalue weighted by molar-refractivity contribution is -0.137. The van der Waals surface area contributed by atoms with Crippen molar-refractivity contribution in [3.05, 3.63) is 77.1 Å². The number of alkyl halides is 3. The first-order chi connectivity index (χ1) is 13.7. The minimum Gasteiger partial charge on any atom is -0.324 e. The van der Waals surface area contributed by atoms with Crippen LogP contribution in [0.25, 0.3) is 0 Å². The molecule has 2 N–H and O–H groups in total. The van der Waals surface area contributed by atoms with Crippen molar-refractivity contribution in [2.75, 3.05) is 10.6 Å². The van der Waals surface area contributed by atoms with E-state index in [9.17, 15) is 18.0 Å². The van der Waals surface area contributed by atoms with Gasteiger partial charge in [-0.2, -0.15) is 18.4 Å². The smallest absolute Gasteiger partial charge is 0.324 e. The predicted octanol–water partition coefficient (Wildman–Crippen LogP) is 4.67. The number of hydrogen-bond donors (Lipinski definition) is 2. The first-order valence-electron chi connectivity index (χ1n) is 8.36. The molecule has 0 bridgehead atoms. The van der Waals surface area contributed by atoms with Gasteiger partial charge in [0, 0.05) is 17.1 Å². The third kappa shape index (κ3) is 5.07. The predicted molar refractivity (Wildman–Crippen MR) is 101 cm³/mol. The summed E-state index contributed by atoms with van der Waals surface area (Å²) < 4.78 is 37.9. The van der Waals surface area contributed by atoms with Crippen molar-refractivity contribution in [1.29, 1.82) is 5.26 Å². The summed E-state index contributed by atoms with van der Waals surface area (Å²) >= 11 is 0. The Kier molecular flexibility index (Phi) is 5.45. The van der Waals surface area contributed by atoms with Crippen molar-refractivity contribution in [3.8, 4) is 6.07 Å². The van der Waals surface area contributed by atoms with Gasteiger partial charge in [-0.25, -0.2) is 9.97 Å². The molecule has 0 saturated carbocycles. The number of anilines is 3. The van der Waals surface area contributed by atoms with Crippen LogP contribution in [-0.4, -0.2) is 15.9 Å². The maximum atomic E-state index is 12.6. The van der Waals surface area contributed by atoms with E-state index in [1.54, 1.807) is 31.2 Å². The lowest BCUT2D eigenvalue weighted by atomic mass is 10.2. The van der Waals surface area contributed by atoms with Gasteiger partial charge in [-0.3, -0.25) is 4.79 Å². The summed E-state index contributed by atoms with van der Waals surface area (Å²) in [6.45, 7) is 1.68. The molecule has 0 aliphatic heterocycles. The van der Waals surface area contributed by atoms with Crippen molar-refractivity contribution in [3.63, 3.8) is 0 Å². The normalized spacial score (nSPS) is 10.9. The van der Waals surface area contributed by atoms with Crippen LogP contribution in [0.4, 0.5) is 30.5 Å². The topological polar surface area (TPSA) is 90.7 Å². The molecule has 0 atom stereocenters. The van der Waals surface area contributed by atoms with Crippen LogP contribution in [0.15, 0.2) is 54.6 Å². The summed E-state index contributed by atoms with van der Waals surface area (Å²) in [4.78, 5) is 20.8. The fraction of sp³-hybridized carbons (Fsp3) is 0.100. The zero-order valence-corrected chi connectivity index (χ0v) is 15.1. The van der Waals surface area contributed by atoms with Gasteiger partial charge in [0.15, 0.2) is 0 Å². The van der Waals surface area contributed by atoms with Gasteiger partial charge in [0.25, 0.3) is 5.91 Å². The molecule has 9 heteroatoms. The Morgan fingerprint density at radius 2 is 1.62 bits per heavy atom. The first-order valence-corrected chi connectivity index (χ1v) is 8.36. The van der Waals surface area contributed by atoms with E-state index in [1.807, 2.05) is 6.07 Å². The molecule has 0 radical (unpaired) electrons. The minimum absolute atomic E-state index is 0.0496. The Morgan fingerprint density at radius 1 is 1.00 bits per heavy atom. The second-order valence-corrected chi connectivity index (χ2v) is 6.06. The molecule has 0 spiro atoms. The molecule has 0 aliphatic rings. The van der Waals surface area contributed by atoms with Gasteiger partial charge in [-0.1, -0.05) is 0 Å². The summed E-state index contributed by atoms with van der Waals surface area (Å²) in [5.74, 6) is -0.412. The number of benzene rings is 2. The van der Waals surface area contributed by atoms with E-state index in [0.717, 1.165) is 12.1 Å². The number of carbonyl (C=O) groups is 1. The molecule has 0 saturated heterocycles.